The maximum absolute atomic E-state index is 12.2. The molecule has 2 heterocycles. The van der Waals surface area contributed by atoms with E-state index in [0.29, 0.717) is 23.5 Å². The summed E-state index contributed by atoms with van der Waals surface area (Å²) in [6.07, 6.45) is 4.24. The van der Waals surface area contributed by atoms with E-state index in [2.05, 4.69) is 15.5 Å². The molecule has 0 saturated heterocycles. The van der Waals surface area contributed by atoms with E-state index in [9.17, 15) is 4.79 Å². The molecule has 0 aromatic carbocycles. The Morgan fingerprint density at radius 2 is 2.37 bits per heavy atom. The van der Waals surface area contributed by atoms with Crippen molar-refractivity contribution < 1.29 is 9.32 Å². The monoisotopic (exact) mass is 260 g/mol. The lowest BCUT2D eigenvalue weighted by atomic mass is 10.3. The van der Waals surface area contributed by atoms with E-state index in [-0.39, 0.29) is 11.9 Å². The lowest BCUT2D eigenvalue weighted by Gasteiger charge is -2.11. The molecule has 6 heteroatoms. The molecule has 0 aliphatic heterocycles. The molecule has 1 fully saturated rings. The van der Waals surface area contributed by atoms with Crippen molar-refractivity contribution in [3.63, 3.8) is 0 Å². The first-order valence-electron chi connectivity index (χ1n) is 6.43. The number of nitrogens with one attached hydrogen (secondary N) is 1. The van der Waals surface area contributed by atoms with Crippen molar-refractivity contribution in [1.29, 1.82) is 0 Å². The van der Waals surface area contributed by atoms with Crippen molar-refractivity contribution in [3.8, 4) is 0 Å². The van der Waals surface area contributed by atoms with Crippen LogP contribution < -0.4 is 5.32 Å². The van der Waals surface area contributed by atoms with Gasteiger partial charge in [-0.1, -0.05) is 5.16 Å². The topological polar surface area (TPSA) is 73.0 Å². The van der Waals surface area contributed by atoms with E-state index in [1.54, 1.807) is 6.92 Å². The number of nitrogens with zero attached hydrogens (tertiary/aromatic N) is 3. The van der Waals surface area contributed by atoms with Crippen LogP contribution in [-0.4, -0.2) is 20.6 Å². The first-order valence-corrected chi connectivity index (χ1v) is 6.43. The van der Waals surface area contributed by atoms with Crippen molar-refractivity contribution in [1.82, 2.24) is 20.0 Å². The van der Waals surface area contributed by atoms with Gasteiger partial charge in [0.25, 0.3) is 5.91 Å². The van der Waals surface area contributed by atoms with Gasteiger partial charge in [-0.3, -0.25) is 4.79 Å². The number of carbonyl (C=O) groups excluding carboxylic acids is 1. The number of amides is 1. The van der Waals surface area contributed by atoms with Crippen LogP contribution in [0, 0.1) is 6.92 Å². The Hall–Kier alpha value is -2.11. The summed E-state index contributed by atoms with van der Waals surface area (Å²) in [5, 5.41) is 6.60. The zero-order valence-corrected chi connectivity index (χ0v) is 11.0. The van der Waals surface area contributed by atoms with Crippen LogP contribution in [0.2, 0.25) is 0 Å². The van der Waals surface area contributed by atoms with Gasteiger partial charge in [0, 0.05) is 12.2 Å². The molecular formula is C13H16N4O2. The Morgan fingerprint density at radius 3 is 3.00 bits per heavy atom. The van der Waals surface area contributed by atoms with E-state index in [1.807, 2.05) is 29.8 Å². The average molecular weight is 260 g/mol. The van der Waals surface area contributed by atoms with Gasteiger partial charge in [0.2, 0.25) is 5.89 Å². The van der Waals surface area contributed by atoms with Crippen LogP contribution in [0.25, 0.3) is 0 Å². The maximum atomic E-state index is 12.2. The van der Waals surface area contributed by atoms with Crippen molar-refractivity contribution in [2.45, 2.75) is 38.8 Å². The van der Waals surface area contributed by atoms with E-state index >= 15 is 0 Å². The first kappa shape index (κ1) is 12.0. The molecule has 1 aliphatic rings. The Labute approximate surface area is 110 Å². The third-order valence-electron chi connectivity index (χ3n) is 3.21. The average Bonchev–Trinajstić information content (AvgIpc) is 2.94. The van der Waals surface area contributed by atoms with Gasteiger partial charge >= 0.3 is 0 Å². The lowest BCUT2D eigenvalue weighted by molar-refractivity contribution is 0.0923. The van der Waals surface area contributed by atoms with Crippen molar-refractivity contribution in [2.24, 2.45) is 0 Å². The second-order valence-corrected chi connectivity index (χ2v) is 4.91. The van der Waals surface area contributed by atoms with Gasteiger partial charge in [0.15, 0.2) is 5.82 Å². The molecule has 0 unspecified atom stereocenters. The minimum Gasteiger partial charge on any atom is -0.340 e. The summed E-state index contributed by atoms with van der Waals surface area (Å²) in [4.78, 5) is 16.3. The zero-order chi connectivity index (χ0) is 13.4. The van der Waals surface area contributed by atoms with Crippen LogP contribution in [-0.2, 0) is 0 Å². The molecule has 0 spiro atoms. The van der Waals surface area contributed by atoms with Crippen molar-refractivity contribution in [2.75, 3.05) is 0 Å². The first-order chi connectivity index (χ1) is 9.15. The molecule has 1 N–H and O–H groups in total. The smallest absolute Gasteiger partial charge is 0.268 e. The van der Waals surface area contributed by atoms with Crippen LogP contribution in [0.3, 0.4) is 0 Å². The molecule has 2 aromatic rings. The van der Waals surface area contributed by atoms with Gasteiger partial charge < -0.3 is 14.4 Å². The molecule has 0 radical (unpaired) electrons. The number of carbonyl (C=O) groups is 1. The second kappa shape index (κ2) is 4.53. The van der Waals surface area contributed by atoms with E-state index in [0.717, 1.165) is 12.8 Å². The van der Waals surface area contributed by atoms with Gasteiger partial charge in [0.1, 0.15) is 11.7 Å². The molecule has 100 valence electrons. The van der Waals surface area contributed by atoms with Gasteiger partial charge in [-0.25, -0.2) is 0 Å². The van der Waals surface area contributed by atoms with Gasteiger partial charge in [-0.2, -0.15) is 4.98 Å². The van der Waals surface area contributed by atoms with Gasteiger partial charge in [0.05, 0.1) is 0 Å². The fraction of sp³-hybridized carbons (Fsp3) is 0.462. The Bertz CT molecular complexity index is 597. The summed E-state index contributed by atoms with van der Waals surface area (Å²) in [7, 11) is 0. The second-order valence-electron chi connectivity index (χ2n) is 4.91. The molecule has 1 amide bonds. The van der Waals surface area contributed by atoms with Gasteiger partial charge in [-0.15, -0.1) is 0 Å². The number of hydrogen-bond acceptors (Lipinski definition) is 4. The number of aromatic nitrogens is 3. The third-order valence-corrected chi connectivity index (χ3v) is 3.21. The molecule has 0 bridgehead atoms. The summed E-state index contributed by atoms with van der Waals surface area (Å²) in [6, 6.07) is 3.92. The van der Waals surface area contributed by atoms with Crippen LogP contribution in [0.5, 0.6) is 0 Å². The molecule has 2 aromatic heterocycles. The summed E-state index contributed by atoms with van der Waals surface area (Å²) in [5.74, 6) is 0.882. The predicted octanol–water partition coefficient (Wildman–Crippen LogP) is 2.01. The molecule has 1 saturated carbocycles. The largest absolute Gasteiger partial charge is 0.340 e. The maximum Gasteiger partial charge on any atom is 0.268 e. The van der Waals surface area contributed by atoms with Crippen molar-refractivity contribution in [3.05, 3.63) is 35.7 Å². The molecule has 19 heavy (non-hydrogen) atoms. The summed E-state index contributed by atoms with van der Waals surface area (Å²) in [5.41, 5.74) is 0.686. The predicted molar refractivity (Wildman–Crippen MR) is 67.6 cm³/mol. The lowest BCUT2D eigenvalue weighted by Crippen LogP contribution is -2.28. The Morgan fingerprint density at radius 1 is 1.58 bits per heavy atom. The zero-order valence-electron chi connectivity index (χ0n) is 11.0. The quantitative estimate of drug-likeness (QED) is 0.912. The fourth-order valence-corrected chi connectivity index (χ4v) is 2.08. The summed E-state index contributed by atoms with van der Waals surface area (Å²) >= 11 is 0. The standard InChI is InChI=1S/C13H16N4O2/c1-8(13-15-9(2)16-19-13)14-12(18)11-4-3-7-17(11)10-5-6-10/h3-4,7-8,10H,5-6H2,1-2H3,(H,14,18)/t8-/m1/s1. The molecular weight excluding hydrogens is 244 g/mol. The molecule has 3 rings (SSSR count). The van der Waals surface area contributed by atoms with E-state index in [1.165, 1.54) is 0 Å². The Balaban J connectivity index is 1.72. The van der Waals surface area contributed by atoms with E-state index < -0.39 is 0 Å². The number of hydrogen-bond donors (Lipinski definition) is 1. The van der Waals surface area contributed by atoms with Crippen LogP contribution in [0.4, 0.5) is 0 Å². The SMILES string of the molecule is Cc1noc([C@@H](C)NC(=O)c2cccn2C2CC2)n1. The van der Waals surface area contributed by atoms with Crippen molar-refractivity contribution >= 4 is 5.91 Å². The number of aryl methyl sites for hydroxylation is 1. The third kappa shape index (κ3) is 2.38. The van der Waals surface area contributed by atoms with Crippen LogP contribution >= 0.6 is 0 Å². The highest BCUT2D eigenvalue weighted by atomic mass is 16.5. The summed E-state index contributed by atoms with van der Waals surface area (Å²) in [6.45, 7) is 3.58. The number of rotatable bonds is 4. The normalized spacial score (nSPS) is 16.3. The van der Waals surface area contributed by atoms with E-state index in [4.69, 9.17) is 4.52 Å². The minimum absolute atomic E-state index is 0.111. The van der Waals surface area contributed by atoms with Gasteiger partial charge in [-0.05, 0) is 38.8 Å². The highest BCUT2D eigenvalue weighted by Crippen LogP contribution is 2.36. The summed E-state index contributed by atoms with van der Waals surface area (Å²) < 4.78 is 7.08. The highest BCUT2D eigenvalue weighted by Gasteiger charge is 2.27. The molecule has 1 aliphatic carbocycles. The highest BCUT2D eigenvalue weighted by molar-refractivity contribution is 5.93. The Kier molecular flexibility index (Phi) is 2.85. The minimum atomic E-state index is -0.295. The van der Waals surface area contributed by atoms with Crippen LogP contribution in [0.15, 0.2) is 22.9 Å². The fourth-order valence-electron chi connectivity index (χ4n) is 2.08. The van der Waals surface area contributed by atoms with Crippen LogP contribution in [0.1, 0.15) is 54.1 Å². The molecule has 6 nitrogen and oxygen atoms in total. The molecule has 1 atom stereocenters.